The van der Waals surface area contributed by atoms with E-state index in [2.05, 4.69) is 5.43 Å². The lowest BCUT2D eigenvalue weighted by Gasteiger charge is -2.43. The molecule has 436 valence electrons. The molecule has 2 bridgehead atoms. The number of fused-ring (bicyclic) bond motifs is 22. The fraction of sp³-hybridized carbons (Fsp3) is 0.762. The van der Waals surface area contributed by atoms with Crippen LogP contribution in [-0.2, 0) is 33.2 Å². The highest BCUT2D eigenvalue weighted by Gasteiger charge is 2.48. The fourth-order valence-electron chi connectivity index (χ4n) is 7.64. The molecule has 0 aromatic rings. The van der Waals surface area contributed by atoms with Gasteiger partial charge in [-0.1, -0.05) is 0 Å². The zero-order chi connectivity index (χ0) is 56.4. The summed E-state index contributed by atoms with van der Waals surface area (Å²) in [6.07, 6.45) is -38.5. The van der Waals surface area contributed by atoms with E-state index in [9.17, 15) is 112 Å². The monoisotopic (exact) mass is 1100 g/mol. The molecule has 4 heterocycles. The Balaban J connectivity index is 2.21. The van der Waals surface area contributed by atoms with Crippen molar-refractivity contribution in [2.45, 2.75) is 138 Å². The molecule has 4 rings (SSSR count). The molecule has 25 N–H and O–H groups in total. The van der Waals surface area contributed by atoms with Crippen molar-refractivity contribution in [3.05, 3.63) is 57.6 Å². The van der Waals surface area contributed by atoms with Crippen LogP contribution in [0.4, 0.5) is 0 Å². The predicted molar refractivity (Wildman–Crippen MR) is 245 cm³/mol. The van der Waals surface area contributed by atoms with Crippen molar-refractivity contribution in [1.29, 1.82) is 0 Å². The summed E-state index contributed by atoms with van der Waals surface area (Å²) in [5.41, 5.74) is 2.61. The number of rotatable bonds is 14. The van der Waals surface area contributed by atoms with Gasteiger partial charge in [-0.05, 0) is 13.3 Å². The maximum Gasteiger partial charge on any atom is 0.218 e. The van der Waals surface area contributed by atoms with Crippen molar-refractivity contribution in [3.8, 4) is 0 Å². The van der Waals surface area contributed by atoms with Gasteiger partial charge < -0.3 is 150 Å². The van der Waals surface area contributed by atoms with E-state index in [0.717, 1.165) is 0 Å². The zero-order valence-electron chi connectivity index (χ0n) is 40.5. The average molecular weight is 1100 g/mol. The molecule has 33 heteroatoms. The van der Waals surface area contributed by atoms with Crippen LogP contribution in [0.15, 0.2) is 57.6 Å². The normalized spacial score (nSPS) is 38.7. The molecule has 0 aromatic heterocycles. The van der Waals surface area contributed by atoms with Crippen LogP contribution in [0.25, 0.3) is 0 Å². The van der Waals surface area contributed by atoms with E-state index >= 15 is 0 Å². The Kier molecular flexibility index (Phi) is 27.1. The molecular formula is C42H74N4O29. The second kappa shape index (κ2) is 31.2. The summed E-state index contributed by atoms with van der Waals surface area (Å²) in [7, 11) is 0. The number of nitrogens with one attached hydrogen (secondary N) is 1. The molecular weight excluding hydrogens is 1020 g/mol. The Hall–Kier alpha value is -4.22. The molecule has 0 aromatic carbocycles. The first-order valence-corrected chi connectivity index (χ1v) is 23.3. The van der Waals surface area contributed by atoms with Crippen molar-refractivity contribution < 1.29 is 146 Å². The molecule has 0 amide bonds. The van der Waals surface area contributed by atoms with Crippen LogP contribution < -0.4 is 11.3 Å². The summed E-state index contributed by atoms with van der Waals surface area (Å²) in [6.45, 7) is -1.29. The minimum atomic E-state index is -2.78. The molecule has 0 saturated carbocycles. The third kappa shape index (κ3) is 17.6. The smallest absolute Gasteiger partial charge is 0.218 e. The number of hydrogen-bond donors (Lipinski definition) is 24. The van der Waals surface area contributed by atoms with E-state index in [0.29, 0.717) is 26.2 Å². The van der Waals surface area contributed by atoms with Gasteiger partial charge in [0.05, 0.1) is 12.8 Å². The maximum atomic E-state index is 11.3. The number of hydrogen-bond acceptors (Lipinski definition) is 33. The van der Waals surface area contributed by atoms with Crippen LogP contribution in [-0.4, -0.2) is 287 Å². The summed E-state index contributed by atoms with van der Waals surface area (Å²) >= 11 is 0. The molecule has 0 spiro atoms. The average Bonchev–Trinajstić information content (AvgIpc) is 3.40. The summed E-state index contributed by atoms with van der Waals surface area (Å²) in [4.78, 5) is 3.81. The fourth-order valence-corrected chi connectivity index (χ4v) is 7.64. The highest BCUT2D eigenvalue weighted by Crippen LogP contribution is 2.31. The second-order valence-electron chi connectivity index (χ2n) is 17.1. The highest BCUT2D eigenvalue weighted by atomic mass is 16.7. The van der Waals surface area contributed by atoms with Crippen molar-refractivity contribution in [2.24, 2.45) is 5.84 Å². The molecule has 33 nitrogen and oxygen atoms in total. The Morgan fingerprint density at radius 1 is 0.440 bits per heavy atom. The highest BCUT2D eigenvalue weighted by molar-refractivity contribution is 5.14. The Labute approximate surface area is 427 Å². The van der Waals surface area contributed by atoms with Gasteiger partial charge in [0.15, 0.2) is 63.9 Å². The van der Waals surface area contributed by atoms with Crippen molar-refractivity contribution >= 4 is 0 Å². The number of piperazine rings is 1. The standard InChI is InChI=1S/C42H74N4O29/c1-17(44-43)46-10-8-45(9-11-46)7-2-18-24(52)30(58)38(65)72-21(5-14-49)27(55)34(62)41(68)75-36-23(16-51)74-42(35(63)29(36)57)73-22(6-15-50)28(56)33(61)40(67)71-20(4-13-48)26(54)32(60)39(66)70-19(3-12-47)25(53)31(59)37(64)69-18/h17-23,29,35-42,44,47-68H,2-16,43H2,1H3/b30-24?,31-25-,32-26+,33-28-,34-27+. The molecule has 0 aliphatic carbocycles. The van der Waals surface area contributed by atoms with Crippen molar-refractivity contribution in [1.82, 2.24) is 15.2 Å². The Bertz CT molecular complexity index is 1900. The van der Waals surface area contributed by atoms with Gasteiger partial charge >= 0.3 is 0 Å². The van der Waals surface area contributed by atoms with Gasteiger partial charge in [-0.3, -0.25) is 10.7 Å². The van der Waals surface area contributed by atoms with Gasteiger partial charge in [0.2, 0.25) is 31.5 Å². The molecule has 16 atom stereocenters. The molecule has 4 aliphatic rings. The van der Waals surface area contributed by atoms with Crippen LogP contribution in [0, 0.1) is 0 Å². The van der Waals surface area contributed by atoms with Gasteiger partial charge in [-0.25, -0.2) is 5.43 Å². The van der Waals surface area contributed by atoms with E-state index in [1.165, 1.54) is 0 Å². The molecule has 2 fully saturated rings. The largest absolute Gasteiger partial charge is 0.506 e. The molecule has 0 radical (unpaired) electrons. The van der Waals surface area contributed by atoms with Crippen LogP contribution in [0.2, 0.25) is 0 Å². The van der Waals surface area contributed by atoms with E-state index in [4.69, 9.17) is 39.0 Å². The first-order valence-electron chi connectivity index (χ1n) is 23.3. The van der Waals surface area contributed by atoms with Gasteiger partial charge in [-0.15, -0.1) is 0 Å². The van der Waals surface area contributed by atoms with E-state index < -0.39 is 215 Å². The SMILES string of the molecule is CC(NN)N1CCN(CCC2OC(O)/C(O)=C(/O)C(CCO)OC(O)/C(O)=C(\O)C(CCO)OC(O)/C(O)=C(/O)C(CCO)OC3OC(CO)C(OC(O)/C(O)=C(\O)C(CCO)OC(O)C(O)=C2O)C(O)C3O)CC1. The second-order valence-corrected chi connectivity index (χ2v) is 17.1. The first-order chi connectivity index (χ1) is 35.4. The lowest BCUT2D eigenvalue weighted by atomic mass is 9.98. The van der Waals surface area contributed by atoms with E-state index in [1.807, 2.05) is 16.7 Å². The van der Waals surface area contributed by atoms with Crippen molar-refractivity contribution in [3.63, 3.8) is 0 Å². The van der Waals surface area contributed by atoms with Crippen LogP contribution in [0.3, 0.4) is 0 Å². The van der Waals surface area contributed by atoms with Gasteiger partial charge in [0, 0.05) is 84.8 Å². The number of nitrogens with two attached hydrogens (primary N) is 1. The lowest BCUT2D eigenvalue weighted by Crippen LogP contribution is -2.61. The quantitative estimate of drug-likeness (QED) is 0.0569. The van der Waals surface area contributed by atoms with Crippen molar-refractivity contribution in [2.75, 3.05) is 65.8 Å². The first kappa shape index (κ1) is 65.1. The number of ether oxygens (including phenoxy) is 7. The summed E-state index contributed by atoms with van der Waals surface area (Å²) < 4.78 is 37.0. The van der Waals surface area contributed by atoms with Crippen LogP contribution in [0.5, 0.6) is 0 Å². The molecule has 75 heavy (non-hydrogen) atoms. The lowest BCUT2D eigenvalue weighted by molar-refractivity contribution is -0.329. The minimum absolute atomic E-state index is 0.0255. The summed E-state index contributed by atoms with van der Waals surface area (Å²) in [5.74, 6) is -9.33. The van der Waals surface area contributed by atoms with E-state index in [-0.39, 0.29) is 12.7 Å². The number of aliphatic hydroxyl groups is 22. The van der Waals surface area contributed by atoms with E-state index in [1.54, 1.807) is 0 Å². The molecule has 2 saturated heterocycles. The van der Waals surface area contributed by atoms with Gasteiger partial charge in [0.1, 0.15) is 54.9 Å². The third-order valence-electron chi connectivity index (χ3n) is 12.1. The maximum absolute atomic E-state index is 11.3. The van der Waals surface area contributed by atoms with Crippen LogP contribution >= 0.6 is 0 Å². The number of aliphatic hydroxyl groups excluding tert-OH is 22. The van der Waals surface area contributed by atoms with Gasteiger partial charge in [-0.2, -0.15) is 0 Å². The zero-order valence-corrected chi connectivity index (χ0v) is 40.5. The number of nitrogens with zero attached hydrogens (tertiary/aromatic N) is 2. The number of hydrazine groups is 1. The van der Waals surface area contributed by atoms with Gasteiger partial charge in [0.25, 0.3) is 0 Å². The Morgan fingerprint density at radius 3 is 1.08 bits per heavy atom. The third-order valence-corrected chi connectivity index (χ3v) is 12.1. The minimum Gasteiger partial charge on any atom is -0.506 e. The van der Waals surface area contributed by atoms with Crippen LogP contribution in [0.1, 0.15) is 39.0 Å². The molecule has 4 aliphatic heterocycles. The topological polar surface area (TPSA) is 554 Å². The summed E-state index contributed by atoms with van der Waals surface area (Å²) in [5, 5.41) is 235. The summed E-state index contributed by atoms with van der Waals surface area (Å²) in [6, 6.07) is 0. The Morgan fingerprint density at radius 2 is 0.760 bits per heavy atom. The predicted octanol–water partition coefficient (Wildman–Crippen LogP) is -5.67. The molecule has 16 unspecified atom stereocenters.